The Bertz CT molecular complexity index is 158. The Labute approximate surface area is 121 Å². The van der Waals surface area contributed by atoms with Crippen LogP contribution in [0.25, 0.3) is 0 Å². The Hall–Kier alpha value is 0.194. The smallest absolute Gasteiger partial charge is 0.402 e. The molecule has 118 valence electrons. The van der Waals surface area contributed by atoms with Gasteiger partial charge < -0.3 is 27.9 Å². The van der Waals surface area contributed by atoms with E-state index >= 15 is 0 Å². The van der Waals surface area contributed by atoms with Crippen molar-refractivity contribution in [3.05, 3.63) is 0 Å². The quantitative estimate of drug-likeness (QED) is 0.565. The van der Waals surface area contributed by atoms with Gasteiger partial charge in [0, 0.05) is 40.1 Å². The lowest BCUT2D eigenvalue weighted by Crippen LogP contribution is -2.46. The van der Waals surface area contributed by atoms with E-state index in [-0.39, 0.29) is 0 Å². The lowest BCUT2D eigenvalue weighted by molar-refractivity contribution is 0.0710. The molecule has 0 bridgehead atoms. The summed E-state index contributed by atoms with van der Waals surface area (Å²) in [5, 5.41) is 0. The van der Waals surface area contributed by atoms with Crippen LogP contribution in [-0.4, -0.2) is 59.4 Å². The normalized spacial score (nSPS) is 11.1. The second-order valence-electron chi connectivity index (χ2n) is 3.57. The third kappa shape index (κ3) is 13.0. The second-order valence-corrected chi connectivity index (χ2v) is 7.69. The maximum atomic E-state index is 5.65. The zero-order valence-electron chi connectivity index (χ0n) is 13.1. The molecule has 0 saturated heterocycles. The fourth-order valence-electron chi connectivity index (χ4n) is 1.44. The first-order valence-corrected chi connectivity index (χ1v) is 9.84. The van der Waals surface area contributed by atoms with Crippen molar-refractivity contribution >= 4 is 18.8 Å². The van der Waals surface area contributed by atoms with Gasteiger partial charge in [-0.15, -0.1) is 0 Å². The molecule has 0 spiro atoms. The SMILES string of the molecule is CCO[Si](CCCN)(OCC)OCC.CO[SiH2]OC. The van der Waals surface area contributed by atoms with Crippen LogP contribution in [0, 0.1) is 0 Å². The molecule has 0 unspecified atom stereocenters. The van der Waals surface area contributed by atoms with Crippen LogP contribution >= 0.6 is 0 Å². The highest BCUT2D eigenvalue weighted by molar-refractivity contribution is 6.60. The molecule has 0 heterocycles. The lowest BCUT2D eigenvalue weighted by atomic mass is 10.5. The van der Waals surface area contributed by atoms with Crippen molar-refractivity contribution < 1.29 is 22.1 Å². The Morgan fingerprint density at radius 1 is 0.895 bits per heavy atom. The average Bonchev–Trinajstić information content (AvgIpc) is 2.39. The molecule has 0 aromatic carbocycles. The van der Waals surface area contributed by atoms with Gasteiger partial charge in [0.1, 0.15) is 0 Å². The molecule has 0 rings (SSSR count). The van der Waals surface area contributed by atoms with Gasteiger partial charge in [-0.3, -0.25) is 0 Å². The molecule has 0 fully saturated rings. The first-order valence-electron chi connectivity index (χ1n) is 6.76. The Morgan fingerprint density at radius 3 is 1.53 bits per heavy atom. The van der Waals surface area contributed by atoms with E-state index in [2.05, 4.69) is 8.85 Å². The highest BCUT2D eigenvalue weighted by Crippen LogP contribution is 2.17. The number of hydrogen-bond acceptors (Lipinski definition) is 6. The van der Waals surface area contributed by atoms with E-state index in [1.807, 2.05) is 20.8 Å². The minimum Gasteiger partial charge on any atom is -0.402 e. The van der Waals surface area contributed by atoms with E-state index < -0.39 is 18.8 Å². The third-order valence-electron chi connectivity index (χ3n) is 2.02. The molecule has 6 nitrogen and oxygen atoms in total. The van der Waals surface area contributed by atoms with E-state index in [1.165, 1.54) is 0 Å². The summed E-state index contributed by atoms with van der Waals surface area (Å²) in [6.07, 6.45) is 0.895. The molecule has 0 aromatic rings. The van der Waals surface area contributed by atoms with Crippen LogP contribution in [0.4, 0.5) is 0 Å². The van der Waals surface area contributed by atoms with Crippen molar-refractivity contribution in [2.75, 3.05) is 40.6 Å². The molecule has 0 amide bonds. The summed E-state index contributed by atoms with van der Waals surface area (Å²) >= 11 is 0. The minimum atomic E-state index is -2.40. The predicted octanol–water partition coefficient (Wildman–Crippen LogP) is 0.662. The van der Waals surface area contributed by atoms with Gasteiger partial charge in [0.25, 0.3) is 0 Å². The minimum absolute atomic E-state index is 0.568. The molecule has 0 aliphatic rings. The van der Waals surface area contributed by atoms with Crippen molar-refractivity contribution in [1.82, 2.24) is 0 Å². The second kappa shape index (κ2) is 16.2. The van der Waals surface area contributed by atoms with Crippen LogP contribution < -0.4 is 5.73 Å². The highest BCUT2D eigenvalue weighted by atomic mass is 28.4. The van der Waals surface area contributed by atoms with Gasteiger partial charge in [-0.2, -0.15) is 0 Å². The van der Waals surface area contributed by atoms with Gasteiger partial charge in [-0.05, 0) is 33.7 Å². The van der Waals surface area contributed by atoms with E-state index in [0.717, 1.165) is 12.5 Å². The molecule has 19 heavy (non-hydrogen) atoms. The molecule has 2 N–H and O–H groups in total. The van der Waals surface area contributed by atoms with Crippen LogP contribution in [0.5, 0.6) is 0 Å². The van der Waals surface area contributed by atoms with E-state index in [0.29, 0.717) is 26.4 Å². The molecule has 0 radical (unpaired) electrons. The molecule has 0 atom stereocenters. The summed E-state index contributed by atoms with van der Waals surface area (Å²) in [4.78, 5) is 0. The first-order chi connectivity index (χ1) is 9.16. The summed E-state index contributed by atoms with van der Waals surface area (Å²) in [5.74, 6) is 0. The Kier molecular flexibility index (Phi) is 18.4. The van der Waals surface area contributed by atoms with Gasteiger partial charge in [0.05, 0.1) is 0 Å². The third-order valence-corrected chi connectivity index (χ3v) is 5.64. The largest absolute Gasteiger partial charge is 0.500 e. The van der Waals surface area contributed by atoms with Crippen molar-refractivity contribution in [3.8, 4) is 0 Å². The maximum Gasteiger partial charge on any atom is 0.500 e. The summed E-state index contributed by atoms with van der Waals surface area (Å²) in [7, 11) is 0.333. The Morgan fingerprint density at radius 2 is 1.32 bits per heavy atom. The molecule has 0 aliphatic carbocycles. The molecular formula is C11H31NO5Si2. The number of hydrogen-bond donors (Lipinski definition) is 1. The summed E-state index contributed by atoms with van der Waals surface area (Å²) in [6, 6.07) is 0.818. The molecular weight excluding hydrogens is 282 g/mol. The summed E-state index contributed by atoms with van der Waals surface area (Å²) < 4.78 is 26.2. The van der Waals surface area contributed by atoms with E-state index in [4.69, 9.17) is 19.0 Å². The van der Waals surface area contributed by atoms with Gasteiger partial charge in [-0.25, -0.2) is 0 Å². The first kappa shape index (κ1) is 21.5. The monoisotopic (exact) mass is 313 g/mol. The molecule has 0 aromatic heterocycles. The topological polar surface area (TPSA) is 72.2 Å². The zero-order valence-corrected chi connectivity index (χ0v) is 15.5. The number of rotatable bonds is 11. The summed E-state index contributed by atoms with van der Waals surface area (Å²) in [5.41, 5.74) is 5.48. The van der Waals surface area contributed by atoms with Crippen LogP contribution in [0.3, 0.4) is 0 Å². The van der Waals surface area contributed by atoms with Crippen molar-refractivity contribution in [1.29, 1.82) is 0 Å². The molecule has 8 heteroatoms. The van der Waals surface area contributed by atoms with Crippen molar-refractivity contribution in [3.63, 3.8) is 0 Å². The molecule has 0 aliphatic heterocycles. The van der Waals surface area contributed by atoms with Crippen LogP contribution in [0.15, 0.2) is 0 Å². The summed E-state index contributed by atoms with van der Waals surface area (Å²) in [6.45, 7) is 8.44. The van der Waals surface area contributed by atoms with E-state index in [1.54, 1.807) is 14.2 Å². The van der Waals surface area contributed by atoms with Crippen LogP contribution in [0.1, 0.15) is 27.2 Å². The fourth-order valence-corrected chi connectivity index (χ4v) is 4.31. The van der Waals surface area contributed by atoms with Crippen molar-refractivity contribution in [2.45, 2.75) is 33.2 Å². The van der Waals surface area contributed by atoms with Gasteiger partial charge in [0.2, 0.25) is 0 Å². The van der Waals surface area contributed by atoms with Gasteiger partial charge in [0.15, 0.2) is 0 Å². The average molecular weight is 314 g/mol. The van der Waals surface area contributed by atoms with Gasteiger partial charge in [-0.1, -0.05) is 0 Å². The zero-order chi connectivity index (χ0) is 15.0. The Balaban J connectivity index is 0. The molecule has 0 saturated carbocycles. The van der Waals surface area contributed by atoms with E-state index in [9.17, 15) is 0 Å². The van der Waals surface area contributed by atoms with Crippen LogP contribution in [0.2, 0.25) is 6.04 Å². The maximum absolute atomic E-state index is 5.65. The van der Waals surface area contributed by atoms with Gasteiger partial charge >= 0.3 is 18.8 Å². The van der Waals surface area contributed by atoms with Crippen molar-refractivity contribution in [2.24, 2.45) is 5.73 Å². The lowest BCUT2D eigenvalue weighted by Gasteiger charge is -2.28. The standard InChI is InChI=1S/C9H23NO3Si.C2H8O2Si/c1-4-11-14(12-5-2,13-6-3)9-7-8-10;1-3-5-4-2/h4-10H2,1-3H3;5H2,1-2H3. The predicted molar refractivity (Wildman–Crippen MR) is 81.7 cm³/mol. The van der Waals surface area contributed by atoms with Crippen LogP contribution in [-0.2, 0) is 22.1 Å². The highest BCUT2D eigenvalue weighted by Gasteiger charge is 2.39. The fraction of sp³-hybridized carbons (Fsp3) is 1.00. The number of nitrogens with two attached hydrogens (primary N) is 1.